The lowest BCUT2D eigenvalue weighted by atomic mass is 10.0. The van der Waals surface area contributed by atoms with Crippen molar-refractivity contribution in [1.82, 2.24) is 5.32 Å². The molecule has 0 fully saturated rings. The van der Waals surface area contributed by atoms with Gasteiger partial charge in [0.1, 0.15) is 0 Å². The molecule has 0 aliphatic heterocycles. The van der Waals surface area contributed by atoms with Crippen LogP contribution >= 0.6 is 0 Å². The van der Waals surface area contributed by atoms with Gasteiger partial charge in [0.25, 0.3) is 0 Å². The van der Waals surface area contributed by atoms with Gasteiger partial charge in [-0.1, -0.05) is 42.5 Å². The van der Waals surface area contributed by atoms with E-state index in [1.807, 2.05) is 30.3 Å². The molecule has 0 unspecified atom stereocenters. The van der Waals surface area contributed by atoms with Gasteiger partial charge in [0.15, 0.2) is 0 Å². The minimum absolute atomic E-state index is 0.654. The molecule has 0 aromatic heterocycles. The number of amides is 1. The van der Waals surface area contributed by atoms with Gasteiger partial charge in [0, 0.05) is 6.20 Å². The summed E-state index contributed by atoms with van der Waals surface area (Å²) in [6, 6.07) is 14.2. The molecule has 0 saturated carbocycles. The molecule has 0 aliphatic rings. The number of rotatable bonds is 3. The average Bonchev–Trinajstić information content (AvgIpc) is 2.30. The van der Waals surface area contributed by atoms with Crippen molar-refractivity contribution in [3.63, 3.8) is 0 Å². The topological polar surface area (TPSA) is 29.1 Å². The Kier molecular flexibility index (Phi) is 2.79. The Morgan fingerprint density at radius 2 is 1.80 bits per heavy atom. The number of nitrogens with one attached hydrogen (secondary N) is 1. The molecule has 0 aliphatic carbocycles. The minimum Gasteiger partial charge on any atom is -0.335 e. The third-order valence-corrected chi connectivity index (χ3v) is 2.25. The van der Waals surface area contributed by atoms with Crippen LogP contribution in [0.25, 0.3) is 16.8 Å². The number of hydrogen-bond donors (Lipinski definition) is 1. The molecule has 0 radical (unpaired) electrons. The van der Waals surface area contributed by atoms with Gasteiger partial charge in [0.2, 0.25) is 6.41 Å². The fourth-order valence-electron chi connectivity index (χ4n) is 1.57. The van der Waals surface area contributed by atoms with Crippen LogP contribution in [0.5, 0.6) is 0 Å². The lowest BCUT2D eigenvalue weighted by Crippen LogP contribution is -1.97. The van der Waals surface area contributed by atoms with Crippen molar-refractivity contribution in [3.8, 4) is 0 Å². The first-order valence-electron chi connectivity index (χ1n) is 4.76. The molecule has 1 amide bonds. The maximum absolute atomic E-state index is 10.1. The predicted octanol–water partition coefficient (Wildman–Crippen LogP) is 2.56. The Morgan fingerprint density at radius 3 is 2.67 bits per heavy atom. The molecular weight excluding hydrogens is 186 g/mol. The standard InChI is InChI=1S/C13H11NO/c15-10-14-9-8-12-6-3-5-11-4-1-2-7-13(11)12/h1-10H,(H,14,15)/b9-8+. The van der Waals surface area contributed by atoms with E-state index >= 15 is 0 Å². The summed E-state index contributed by atoms with van der Waals surface area (Å²) in [6.45, 7) is 0. The van der Waals surface area contributed by atoms with Gasteiger partial charge in [-0.3, -0.25) is 4.79 Å². The highest BCUT2D eigenvalue weighted by Crippen LogP contribution is 2.19. The minimum atomic E-state index is 0.654. The van der Waals surface area contributed by atoms with Crippen molar-refractivity contribution in [3.05, 3.63) is 54.2 Å². The van der Waals surface area contributed by atoms with Gasteiger partial charge in [0.05, 0.1) is 0 Å². The van der Waals surface area contributed by atoms with Crippen LogP contribution in [-0.4, -0.2) is 6.41 Å². The first-order valence-corrected chi connectivity index (χ1v) is 4.76. The second-order valence-electron chi connectivity index (χ2n) is 3.19. The highest BCUT2D eigenvalue weighted by atomic mass is 16.1. The van der Waals surface area contributed by atoms with E-state index in [4.69, 9.17) is 0 Å². The van der Waals surface area contributed by atoms with E-state index in [9.17, 15) is 4.79 Å². The molecule has 0 spiro atoms. The Morgan fingerprint density at radius 1 is 1.00 bits per heavy atom. The number of fused-ring (bicyclic) bond motifs is 1. The lowest BCUT2D eigenvalue weighted by molar-refractivity contribution is -0.108. The fourth-order valence-corrected chi connectivity index (χ4v) is 1.57. The van der Waals surface area contributed by atoms with Crippen LogP contribution < -0.4 is 5.32 Å². The Hall–Kier alpha value is -2.09. The molecule has 0 atom stereocenters. The molecule has 2 nitrogen and oxygen atoms in total. The van der Waals surface area contributed by atoms with E-state index in [0.29, 0.717) is 6.41 Å². The smallest absolute Gasteiger partial charge is 0.211 e. The van der Waals surface area contributed by atoms with Crippen LogP contribution in [0.3, 0.4) is 0 Å². The number of carbonyl (C=O) groups excluding carboxylic acids is 1. The summed E-state index contributed by atoms with van der Waals surface area (Å²) in [7, 11) is 0. The van der Waals surface area contributed by atoms with Crippen LogP contribution in [0.15, 0.2) is 48.7 Å². The van der Waals surface area contributed by atoms with E-state index < -0.39 is 0 Å². The zero-order valence-electron chi connectivity index (χ0n) is 8.18. The summed E-state index contributed by atoms with van der Waals surface area (Å²) in [5.74, 6) is 0. The largest absolute Gasteiger partial charge is 0.335 e. The molecule has 0 heterocycles. The Labute approximate surface area is 88.2 Å². The summed E-state index contributed by atoms with van der Waals surface area (Å²) in [5.41, 5.74) is 1.10. The van der Waals surface area contributed by atoms with Crippen molar-refractivity contribution < 1.29 is 4.79 Å². The Bertz CT molecular complexity index is 497. The monoisotopic (exact) mass is 197 g/mol. The lowest BCUT2D eigenvalue weighted by Gasteiger charge is -2.00. The van der Waals surface area contributed by atoms with Crippen molar-refractivity contribution in [2.75, 3.05) is 0 Å². The van der Waals surface area contributed by atoms with E-state index in [1.54, 1.807) is 6.20 Å². The molecule has 0 bridgehead atoms. The van der Waals surface area contributed by atoms with Crippen molar-refractivity contribution in [1.29, 1.82) is 0 Å². The first kappa shape index (κ1) is 9.46. The number of hydrogen-bond acceptors (Lipinski definition) is 1. The molecular formula is C13H11NO. The molecule has 2 aromatic rings. The molecule has 2 rings (SSSR count). The summed E-state index contributed by atoms with van der Waals surface area (Å²) in [6.07, 6.45) is 4.17. The van der Waals surface area contributed by atoms with Crippen LogP contribution in [0, 0.1) is 0 Å². The summed E-state index contributed by atoms with van der Waals surface area (Å²) >= 11 is 0. The highest BCUT2D eigenvalue weighted by Gasteiger charge is 1.95. The van der Waals surface area contributed by atoms with Crippen LogP contribution in [-0.2, 0) is 4.79 Å². The van der Waals surface area contributed by atoms with Gasteiger partial charge >= 0.3 is 0 Å². The normalized spacial score (nSPS) is 10.7. The SMILES string of the molecule is O=CN/C=C/c1cccc2ccccc12. The quantitative estimate of drug-likeness (QED) is 0.753. The van der Waals surface area contributed by atoms with E-state index in [1.165, 1.54) is 10.8 Å². The van der Waals surface area contributed by atoms with Crippen LogP contribution in [0.4, 0.5) is 0 Å². The van der Waals surface area contributed by atoms with Gasteiger partial charge in [-0.25, -0.2) is 0 Å². The maximum Gasteiger partial charge on any atom is 0.211 e. The summed E-state index contributed by atoms with van der Waals surface area (Å²) in [4.78, 5) is 10.1. The molecule has 2 heteroatoms. The van der Waals surface area contributed by atoms with Crippen molar-refractivity contribution in [2.24, 2.45) is 0 Å². The third-order valence-electron chi connectivity index (χ3n) is 2.25. The van der Waals surface area contributed by atoms with E-state index in [2.05, 4.69) is 23.5 Å². The maximum atomic E-state index is 10.1. The zero-order chi connectivity index (χ0) is 10.5. The number of benzene rings is 2. The van der Waals surface area contributed by atoms with Crippen LogP contribution in [0.2, 0.25) is 0 Å². The first-order chi connectivity index (χ1) is 7.42. The van der Waals surface area contributed by atoms with Crippen molar-refractivity contribution >= 4 is 23.3 Å². The molecule has 1 N–H and O–H groups in total. The summed E-state index contributed by atoms with van der Waals surface area (Å²) < 4.78 is 0. The average molecular weight is 197 g/mol. The van der Waals surface area contributed by atoms with Gasteiger partial charge in [-0.2, -0.15) is 0 Å². The predicted molar refractivity (Wildman–Crippen MR) is 62.2 cm³/mol. The third kappa shape index (κ3) is 2.05. The second kappa shape index (κ2) is 4.42. The van der Waals surface area contributed by atoms with Crippen molar-refractivity contribution in [2.45, 2.75) is 0 Å². The fraction of sp³-hybridized carbons (Fsp3) is 0. The van der Waals surface area contributed by atoms with Crippen LogP contribution in [0.1, 0.15) is 5.56 Å². The summed E-state index contributed by atoms with van der Waals surface area (Å²) in [5, 5.41) is 4.88. The van der Waals surface area contributed by atoms with E-state index in [0.717, 1.165) is 5.56 Å². The highest BCUT2D eigenvalue weighted by molar-refractivity contribution is 5.90. The van der Waals surface area contributed by atoms with Gasteiger partial charge in [-0.15, -0.1) is 0 Å². The van der Waals surface area contributed by atoms with Gasteiger partial charge < -0.3 is 5.32 Å². The molecule has 15 heavy (non-hydrogen) atoms. The molecule has 0 saturated heterocycles. The Balaban J connectivity index is 2.46. The van der Waals surface area contributed by atoms with E-state index in [-0.39, 0.29) is 0 Å². The number of carbonyl (C=O) groups is 1. The molecule has 74 valence electrons. The molecule has 2 aromatic carbocycles. The van der Waals surface area contributed by atoms with Gasteiger partial charge in [-0.05, 0) is 22.4 Å². The zero-order valence-corrected chi connectivity index (χ0v) is 8.18. The second-order valence-corrected chi connectivity index (χ2v) is 3.19.